The lowest BCUT2D eigenvalue weighted by Gasteiger charge is -2.38. The standard InChI is InChI=1S/C14H29NO2S/c1-6-15-13-8-7-12(10(2)3)9-14(13)18(16,17)11(4)5/h10-15H,6-9H2,1-5H3. The summed E-state index contributed by atoms with van der Waals surface area (Å²) in [6, 6.07) is 0.150. The summed E-state index contributed by atoms with van der Waals surface area (Å²) >= 11 is 0. The molecule has 0 aromatic heterocycles. The monoisotopic (exact) mass is 275 g/mol. The molecule has 0 spiro atoms. The summed E-state index contributed by atoms with van der Waals surface area (Å²) < 4.78 is 25.0. The van der Waals surface area contributed by atoms with Crippen LogP contribution in [-0.4, -0.2) is 31.5 Å². The van der Waals surface area contributed by atoms with Gasteiger partial charge < -0.3 is 5.32 Å². The van der Waals surface area contributed by atoms with Crippen LogP contribution in [0, 0.1) is 11.8 Å². The predicted octanol–water partition coefficient (Wildman–Crippen LogP) is 2.61. The predicted molar refractivity (Wildman–Crippen MR) is 77.5 cm³/mol. The maximum absolute atomic E-state index is 12.5. The minimum absolute atomic E-state index is 0.150. The molecular formula is C14H29NO2S. The molecule has 4 heteroatoms. The molecule has 0 amide bonds. The van der Waals surface area contributed by atoms with Gasteiger partial charge in [0.1, 0.15) is 0 Å². The Morgan fingerprint density at radius 3 is 2.22 bits per heavy atom. The fourth-order valence-electron chi connectivity index (χ4n) is 2.97. The molecule has 1 aliphatic carbocycles. The number of sulfone groups is 1. The molecule has 0 bridgehead atoms. The van der Waals surface area contributed by atoms with Crippen LogP contribution in [0.2, 0.25) is 0 Å². The number of rotatable bonds is 5. The smallest absolute Gasteiger partial charge is 0.157 e. The third-order valence-corrected chi connectivity index (χ3v) is 7.00. The minimum Gasteiger partial charge on any atom is -0.313 e. The van der Waals surface area contributed by atoms with Crippen molar-refractivity contribution in [2.75, 3.05) is 6.54 Å². The molecule has 0 aromatic carbocycles. The summed E-state index contributed by atoms with van der Waals surface area (Å²) in [4.78, 5) is 0. The van der Waals surface area contributed by atoms with Gasteiger partial charge in [-0.1, -0.05) is 20.8 Å². The maximum atomic E-state index is 12.5. The van der Waals surface area contributed by atoms with Crippen LogP contribution in [0.5, 0.6) is 0 Å². The van der Waals surface area contributed by atoms with E-state index in [4.69, 9.17) is 0 Å². The van der Waals surface area contributed by atoms with Gasteiger partial charge in [0.25, 0.3) is 0 Å². The zero-order chi connectivity index (χ0) is 13.9. The van der Waals surface area contributed by atoms with E-state index in [0.29, 0.717) is 11.8 Å². The Bertz CT molecular complexity index is 349. The van der Waals surface area contributed by atoms with E-state index >= 15 is 0 Å². The topological polar surface area (TPSA) is 46.2 Å². The van der Waals surface area contributed by atoms with Crippen LogP contribution in [0.4, 0.5) is 0 Å². The Kier molecular flexibility index (Phi) is 5.66. The highest BCUT2D eigenvalue weighted by Gasteiger charge is 2.40. The van der Waals surface area contributed by atoms with Crippen LogP contribution in [-0.2, 0) is 9.84 Å². The second-order valence-corrected chi connectivity index (χ2v) is 8.88. The fraction of sp³-hybridized carbons (Fsp3) is 1.00. The lowest BCUT2D eigenvalue weighted by atomic mass is 9.79. The lowest BCUT2D eigenvalue weighted by molar-refractivity contribution is 0.242. The Labute approximate surface area is 113 Å². The normalized spacial score (nSPS) is 30.1. The number of hydrogen-bond donors (Lipinski definition) is 1. The molecule has 0 saturated heterocycles. The molecule has 1 aliphatic rings. The van der Waals surface area contributed by atoms with Crippen LogP contribution in [0.15, 0.2) is 0 Å². The van der Waals surface area contributed by atoms with E-state index in [9.17, 15) is 8.42 Å². The quantitative estimate of drug-likeness (QED) is 0.839. The van der Waals surface area contributed by atoms with Crippen molar-refractivity contribution in [3.8, 4) is 0 Å². The molecule has 1 saturated carbocycles. The van der Waals surface area contributed by atoms with Crippen molar-refractivity contribution in [2.45, 2.75) is 70.4 Å². The molecule has 18 heavy (non-hydrogen) atoms. The van der Waals surface area contributed by atoms with Gasteiger partial charge in [0.05, 0.1) is 10.5 Å². The molecule has 3 atom stereocenters. The van der Waals surface area contributed by atoms with E-state index in [1.165, 1.54) is 0 Å². The highest BCUT2D eigenvalue weighted by Crippen LogP contribution is 2.34. The van der Waals surface area contributed by atoms with Crippen LogP contribution in [0.1, 0.15) is 53.9 Å². The second kappa shape index (κ2) is 6.38. The van der Waals surface area contributed by atoms with Gasteiger partial charge in [-0.3, -0.25) is 0 Å². The molecule has 0 aromatic rings. The highest BCUT2D eigenvalue weighted by atomic mass is 32.2. The average molecular weight is 275 g/mol. The fourth-order valence-corrected chi connectivity index (χ4v) is 4.88. The largest absolute Gasteiger partial charge is 0.313 e. The second-order valence-electron chi connectivity index (χ2n) is 6.16. The Hall–Kier alpha value is -0.0900. The van der Waals surface area contributed by atoms with Crippen LogP contribution < -0.4 is 5.32 Å². The summed E-state index contributed by atoms with van der Waals surface area (Å²) in [5.41, 5.74) is 0. The molecule has 3 nitrogen and oxygen atoms in total. The van der Waals surface area contributed by atoms with Crippen LogP contribution in [0.25, 0.3) is 0 Å². The van der Waals surface area contributed by atoms with E-state index in [-0.39, 0.29) is 16.5 Å². The van der Waals surface area contributed by atoms with Gasteiger partial charge in [0.2, 0.25) is 0 Å². The summed E-state index contributed by atoms with van der Waals surface area (Å²) in [6.07, 6.45) is 2.97. The van der Waals surface area contributed by atoms with Crippen molar-refractivity contribution in [3.63, 3.8) is 0 Å². The molecule has 3 unspecified atom stereocenters. The van der Waals surface area contributed by atoms with Gasteiger partial charge in [-0.25, -0.2) is 8.42 Å². The Morgan fingerprint density at radius 1 is 1.17 bits per heavy atom. The van der Waals surface area contributed by atoms with Crippen molar-refractivity contribution < 1.29 is 8.42 Å². The number of nitrogens with one attached hydrogen (secondary N) is 1. The first-order valence-corrected chi connectivity index (χ1v) is 8.87. The molecule has 1 N–H and O–H groups in total. The Morgan fingerprint density at radius 2 is 1.78 bits per heavy atom. The van der Waals surface area contributed by atoms with Gasteiger partial charge in [0.15, 0.2) is 9.84 Å². The summed E-state index contributed by atoms with van der Waals surface area (Å²) in [7, 11) is -3.00. The van der Waals surface area contributed by atoms with Gasteiger partial charge >= 0.3 is 0 Å². The molecule has 1 fully saturated rings. The van der Waals surface area contributed by atoms with Crippen molar-refractivity contribution in [1.29, 1.82) is 0 Å². The van der Waals surface area contributed by atoms with Crippen molar-refractivity contribution in [1.82, 2.24) is 5.32 Å². The molecule has 0 radical (unpaired) electrons. The molecule has 0 aliphatic heterocycles. The first-order chi connectivity index (χ1) is 8.30. The third kappa shape index (κ3) is 3.47. The minimum atomic E-state index is -3.00. The van der Waals surface area contributed by atoms with Crippen molar-refractivity contribution in [2.24, 2.45) is 11.8 Å². The van der Waals surface area contributed by atoms with Crippen LogP contribution in [0.3, 0.4) is 0 Å². The van der Waals surface area contributed by atoms with E-state index in [2.05, 4.69) is 19.2 Å². The first-order valence-electron chi connectivity index (χ1n) is 7.26. The third-order valence-electron chi connectivity index (χ3n) is 4.32. The number of hydrogen-bond acceptors (Lipinski definition) is 3. The van der Waals surface area contributed by atoms with Crippen molar-refractivity contribution in [3.05, 3.63) is 0 Å². The zero-order valence-electron chi connectivity index (χ0n) is 12.4. The molecular weight excluding hydrogens is 246 g/mol. The summed E-state index contributed by atoms with van der Waals surface area (Å²) in [5.74, 6) is 1.14. The van der Waals surface area contributed by atoms with Crippen molar-refractivity contribution >= 4 is 9.84 Å². The van der Waals surface area contributed by atoms with Gasteiger partial charge in [0, 0.05) is 6.04 Å². The van der Waals surface area contributed by atoms with E-state index in [0.717, 1.165) is 25.8 Å². The molecule has 0 heterocycles. The van der Waals surface area contributed by atoms with E-state index in [1.54, 1.807) is 13.8 Å². The zero-order valence-corrected chi connectivity index (χ0v) is 13.3. The van der Waals surface area contributed by atoms with Gasteiger partial charge in [-0.2, -0.15) is 0 Å². The molecule has 1 rings (SSSR count). The first kappa shape index (κ1) is 16.0. The highest BCUT2D eigenvalue weighted by molar-refractivity contribution is 7.92. The molecule has 108 valence electrons. The van der Waals surface area contributed by atoms with E-state index < -0.39 is 9.84 Å². The maximum Gasteiger partial charge on any atom is 0.157 e. The average Bonchev–Trinajstić information content (AvgIpc) is 2.29. The van der Waals surface area contributed by atoms with Gasteiger partial charge in [-0.15, -0.1) is 0 Å². The van der Waals surface area contributed by atoms with E-state index in [1.807, 2.05) is 6.92 Å². The Balaban J connectivity index is 2.91. The summed E-state index contributed by atoms with van der Waals surface area (Å²) in [6.45, 7) is 10.9. The lowest BCUT2D eigenvalue weighted by Crippen LogP contribution is -2.50. The summed E-state index contributed by atoms with van der Waals surface area (Å²) in [5, 5.41) is 2.91. The van der Waals surface area contributed by atoms with Crippen LogP contribution >= 0.6 is 0 Å². The van der Waals surface area contributed by atoms with Gasteiger partial charge in [-0.05, 0) is 51.5 Å². The SMILES string of the molecule is CCNC1CCC(C(C)C)CC1S(=O)(=O)C(C)C.